The van der Waals surface area contributed by atoms with Crippen LogP contribution in [-0.2, 0) is 9.47 Å². The van der Waals surface area contributed by atoms with E-state index in [1.165, 1.54) is 6.92 Å². The van der Waals surface area contributed by atoms with Gasteiger partial charge in [-0.25, -0.2) is 9.59 Å². The lowest BCUT2D eigenvalue weighted by Gasteiger charge is -2.06. The molecule has 0 fully saturated rings. The number of aromatic amines is 1. The minimum Gasteiger partial charge on any atom is -0.475 e. The maximum atomic E-state index is 12.6. The highest BCUT2D eigenvalue weighted by molar-refractivity contribution is 7.18. The second-order valence-corrected chi connectivity index (χ2v) is 6.39. The molecule has 0 saturated heterocycles. The lowest BCUT2D eigenvalue weighted by Crippen LogP contribution is -2.16. The molecule has 12 nitrogen and oxygen atoms in total. The Balaban J connectivity index is 2.48. The quantitative estimate of drug-likeness (QED) is 0.366. The van der Waals surface area contributed by atoms with Crippen LogP contribution in [0, 0.1) is 17.0 Å². The Morgan fingerprint density at radius 1 is 1.21 bits per heavy atom. The van der Waals surface area contributed by atoms with Gasteiger partial charge in [-0.15, -0.1) is 16.4 Å². The van der Waals surface area contributed by atoms with E-state index in [-0.39, 0.29) is 40.1 Å². The first-order chi connectivity index (χ1) is 13.8. The van der Waals surface area contributed by atoms with Crippen molar-refractivity contribution in [1.82, 2.24) is 10.2 Å². The van der Waals surface area contributed by atoms with Crippen LogP contribution >= 0.6 is 11.3 Å². The molecule has 2 N–H and O–H groups in total. The first kappa shape index (κ1) is 21.8. The molecule has 13 heteroatoms. The second kappa shape index (κ2) is 9.14. The van der Waals surface area contributed by atoms with E-state index >= 15 is 0 Å². The van der Waals surface area contributed by atoms with Gasteiger partial charge in [0.05, 0.1) is 30.8 Å². The molecule has 0 bridgehead atoms. The number of nitrogens with one attached hydrogen (secondary N) is 2. The number of hydrogen-bond acceptors (Lipinski definition) is 10. The average molecular weight is 426 g/mol. The Morgan fingerprint density at radius 2 is 1.83 bits per heavy atom. The molecule has 0 aliphatic heterocycles. The Bertz CT molecular complexity index is 965. The van der Waals surface area contributed by atoms with Crippen LogP contribution in [0.3, 0.4) is 0 Å². The van der Waals surface area contributed by atoms with E-state index in [4.69, 9.17) is 14.2 Å². The van der Waals surface area contributed by atoms with Gasteiger partial charge >= 0.3 is 23.5 Å². The molecule has 0 spiro atoms. The van der Waals surface area contributed by atoms with Crippen molar-refractivity contribution in [2.24, 2.45) is 0 Å². The van der Waals surface area contributed by atoms with E-state index in [1.807, 2.05) is 0 Å². The number of nitrogens with zero attached hydrogens (tertiary/aromatic N) is 2. The van der Waals surface area contributed by atoms with Gasteiger partial charge in [-0.2, -0.15) is 0 Å². The van der Waals surface area contributed by atoms with Crippen LogP contribution in [0.15, 0.2) is 0 Å². The summed E-state index contributed by atoms with van der Waals surface area (Å²) in [5.74, 6) is -2.76. The van der Waals surface area contributed by atoms with Gasteiger partial charge in [0, 0.05) is 0 Å². The fourth-order valence-electron chi connectivity index (χ4n) is 2.40. The van der Waals surface area contributed by atoms with Crippen molar-refractivity contribution in [3.63, 3.8) is 0 Å². The predicted octanol–water partition coefficient (Wildman–Crippen LogP) is 2.30. The summed E-state index contributed by atoms with van der Waals surface area (Å²) in [6, 6.07) is 0. The molecule has 2 aromatic heterocycles. The van der Waals surface area contributed by atoms with Crippen molar-refractivity contribution in [3.05, 3.63) is 31.8 Å². The smallest absolute Gasteiger partial charge is 0.362 e. The zero-order chi connectivity index (χ0) is 21.7. The highest BCUT2D eigenvalue weighted by Crippen LogP contribution is 2.35. The lowest BCUT2D eigenvalue weighted by molar-refractivity contribution is -0.386. The monoisotopic (exact) mass is 426 g/mol. The number of rotatable bonds is 8. The van der Waals surface area contributed by atoms with Gasteiger partial charge < -0.3 is 19.5 Å². The van der Waals surface area contributed by atoms with Crippen molar-refractivity contribution < 1.29 is 33.5 Å². The number of esters is 2. The van der Waals surface area contributed by atoms with Crippen molar-refractivity contribution in [2.45, 2.75) is 20.8 Å². The van der Waals surface area contributed by atoms with Crippen molar-refractivity contribution in [2.75, 3.05) is 25.6 Å². The highest BCUT2D eigenvalue weighted by atomic mass is 32.1. The minimum atomic E-state index is -0.949. The Hall–Kier alpha value is -3.48. The third kappa shape index (κ3) is 4.34. The molecule has 0 aliphatic rings. The van der Waals surface area contributed by atoms with E-state index in [0.29, 0.717) is 0 Å². The Kier molecular flexibility index (Phi) is 6.88. The van der Waals surface area contributed by atoms with Crippen LogP contribution in [-0.4, -0.2) is 53.3 Å². The van der Waals surface area contributed by atoms with Crippen LogP contribution in [0.4, 0.5) is 10.7 Å². The topological polar surface area (TPSA) is 163 Å². The molecule has 0 atom stereocenters. The second-order valence-electron chi connectivity index (χ2n) is 5.37. The number of nitro groups is 1. The number of aromatic nitrogens is 2. The molecule has 0 aliphatic carbocycles. The number of methoxy groups -OCH3 is 1. The van der Waals surface area contributed by atoms with Gasteiger partial charge in [-0.3, -0.25) is 20.0 Å². The van der Waals surface area contributed by atoms with Gasteiger partial charge in [-0.1, -0.05) is 0 Å². The van der Waals surface area contributed by atoms with Crippen LogP contribution in [0.2, 0.25) is 0 Å². The van der Waals surface area contributed by atoms with Crippen LogP contribution in [0.5, 0.6) is 5.88 Å². The molecule has 2 aromatic rings. The summed E-state index contributed by atoms with van der Waals surface area (Å²) < 4.78 is 14.7. The van der Waals surface area contributed by atoms with Gasteiger partial charge in [0.2, 0.25) is 5.69 Å². The standard InChI is InChI=1S/C16H18N4O8S/c1-5-27-15(22)8-7(3)11(16(23)28-6-2)29-14(8)17-12(21)9-10(20(24)25)13(26-4)19-18-9/h5-6H2,1-4H3,(H,17,21)(H,18,19). The van der Waals surface area contributed by atoms with E-state index in [2.05, 4.69) is 15.5 Å². The normalized spacial score (nSPS) is 10.3. The van der Waals surface area contributed by atoms with E-state index in [0.717, 1.165) is 18.4 Å². The van der Waals surface area contributed by atoms with Crippen LogP contribution < -0.4 is 10.1 Å². The molecular weight excluding hydrogens is 408 g/mol. The average Bonchev–Trinajstić information content (AvgIpc) is 3.23. The third-order valence-electron chi connectivity index (χ3n) is 3.63. The first-order valence-corrected chi connectivity index (χ1v) is 9.14. The molecular formula is C16H18N4O8S. The number of anilines is 1. The van der Waals surface area contributed by atoms with Gasteiger partial charge in [0.25, 0.3) is 5.91 Å². The minimum absolute atomic E-state index is 0.0168. The zero-order valence-electron chi connectivity index (χ0n) is 16.0. The number of H-pyrrole nitrogens is 1. The molecule has 2 heterocycles. The molecule has 29 heavy (non-hydrogen) atoms. The van der Waals surface area contributed by atoms with Gasteiger partial charge in [0.15, 0.2) is 0 Å². The molecule has 0 saturated carbocycles. The van der Waals surface area contributed by atoms with Crippen LogP contribution in [0.25, 0.3) is 0 Å². The van der Waals surface area contributed by atoms with Crippen molar-refractivity contribution in [1.29, 1.82) is 0 Å². The van der Waals surface area contributed by atoms with Gasteiger partial charge in [0.1, 0.15) is 9.88 Å². The molecule has 0 radical (unpaired) electrons. The van der Waals surface area contributed by atoms with Crippen LogP contribution in [0.1, 0.15) is 49.9 Å². The summed E-state index contributed by atoms with van der Waals surface area (Å²) >= 11 is 0.795. The maximum absolute atomic E-state index is 12.6. The summed E-state index contributed by atoms with van der Waals surface area (Å²) in [5, 5.41) is 19.4. The first-order valence-electron chi connectivity index (χ1n) is 8.32. The van der Waals surface area contributed by atoms with Crippen molar-refractivity contribution >= 4 is 39.9 Å². The molecule has 0 unspecified atom stereocenters. The number of thiophene rings is 1. The van der Waals surface area contributed by atoms with Gasteiger partial charge in [-0.05, 0) is 26.3 Å². The molecule has 1 amide bonds. The number of carbonyl (C=O) groups excluding carboxylic acids is 3. The largest absolute Gasteiger partial charge is 0.475 e. The predicted molar refractivity (Wildman–Crippen MR) is 101 cm³/mol. The summed E-state index contributed by atoms with van der Waals surface area (Å²) in [6.07, 6.45) is 0. The summed E-state index contributed by atoms with van der Waals surface area (Å²) in [6.45, 7) is 4.92. The number of ether oxygens (including phenoxy) is 3. The number of amides is 1. The molecule has 0 aromatic carbocycles. The fourth-order valence-corrected chi connectivity index (χ4v) is 3.48. The third-order valence-corrected chi connectivity index (χ3v) is 4.81. The fraction of sp³-hybridized carbons (Fsp3) is 0.375. The summed E-state index contributed by atoms with van der Waals surface area (Å²) in [7, 11) is 1.16. The Labute approximate surface area is 168 Å². The zero-order valence-corrected chi connectivity index (χ0v) is 16.8. The SMILES string of the molecule is CCOC(=O)c1sc(NC(=O)c2[nH]nc(OC)c2[N+](=O)[O-])c(C(=O)OCC)c1C. The van der Waals surface area contributed by atoms with E-state index in [9.17, 15) is 24.5 Å². The summed E-state index contributed by atoms with van der Waals surface area (Å²) in [5.41, 5.74) is -0.923. The maximum Gasteiger partial charge on any atom is 0.362 e. The molecule has 2 rings (SSSR count). The van der Waals surface area contributed by atoms with E-state index < -0.39 is 34.2 Å². The van der Waals surface area contributed by atoms with Crippen molar-refractivity contribution in [3.8, 4) is 5.88 Å². The number of carbonyl (C=O) groups is 3. The summed E-state index contributed by atoms with van der Waals surface area (Å²) in [4.78, 5) is 47.6. The number of hydrogen-bond donors (Lipinski definition) is 2. The highest BCUT2D eigenvalue weighted by Gasteiger charge is 2.33. The molecule has 156 valence electrons. The lowest BCUT2D eigenvalue weighted by atomic mass is 10.1. The Morgan fingerprint density at radius 3 is 2.38 bits per heavy atom. The van der Waals surface area contributed by atoms with E-state index in [1.54, 1.807) is 13.8 Å².